The molecule has 2 aliphatic rings. The molecule has 2 unspecified atom stereocenters. The molecule has 0 radical (unpaired) electrons. The summed E-state index contributed by atoms with van der Waals surface area (Å²) in [7, 11) is 0. The zero-order valence-electron chi connectivity index (χ0n) is 13.9. The van der Waals surface area contributed by atoms with Crippen molar-refractivity contribution in [3.8, 4) is 0 Å². The number of rotatable bonds is 6. The van der Waals surface area contributed by atoms with Crippen LogP contribution < -0.4 is 0 Å². The summed E-state index contributed by atoms with van der Waals surface area (Å²) in [5, 5.41) is 9.47. The standard InChI is InChI=1S/C17H32N2O2/c1-13(2)10-16(17(20)21)19-9-6-15(12-19)11-18-7-4-14(3)5-8-18/h13-16H,4-12H2,1-3H3,(H,20,21). The van der Waals surface area contributed by atoms with Gasteiger partial charge in [-0.25, -0.2) is 0 Å². The van der Waals surface area contributed by atoms with Crippen molar-refractivity contribution < 1.29 is 9.90 Å². The maximum absolute atomic E-state index is 11.5. The molecule has 0 aromatic rings. The van der Waals surface area contributed by atoms with Crippen LogP contribution in [0.25, 0.3) is 0 Å². The van der Waals surface area contributed by atoms with Crippen LogP contribution in [0.15, 0.2) is 0 Å². The Labute approximate surface area is 129 Å². The number of piperidine rings is 1. The number of hydrogen-bond donors (Lipinski definition) is 1. The van der Waals surface area contributed by atoms with Gasteiger partial charge in [0.05, 0.1) is 0 Å². The molecule has 0 bridgehead atoms. The van der Waals surface area contributed by atoms with Crippen molar-refractivity contribution in [3.63, 3.8) is 0 Å². The number of nitrogens with zero attached hydrogens (tertiary/aromatic N) is 2. The van der Waals surface area contributed by atoms with E-state index in [1.807, 2.05) is 0 Å². The fraction of sp³-hybridized carbons (Fsp3) is 0.941. The van der Waals surface area contributed by atoms with Gasteiger partial charge >= 0.3 is 5.97 Å². The first-order chi connectivity index (χ1) is 9.95. The molecule has 21 heavy (non-hydrogen) atoms. The first-order valence-corrected chi connectivity index (χ1v) is 8.65. The molecule has 0 saturated carbocycles. The Hall–Kier alpha value is -0.610. The van der Waals surface area contributed by atoms with E-state index in [0.717, 1.165) is 38.4 Å². The summed E-state index contributed by atoms with van der Waals surface area (Å²) in [6.45, 7) is 12.1. The topological polar surface area (TPSA) is 43.8 Å². The summed E-state index contributed by atoms with van der Waals surface area (Å²) in [6, 6.07) is -0.281. The van der Waals surface area contributed by atoms with Gasteiger partial charge in [-0.1, -0.05) is 20.8 Å². The smallest absolute Gasteiger partial charge is 0.320 e. The summed E-state index contributed by atoms with van der Waals surface area (Å²) in [6.07, 6.45) is 4.57. The van der Waals surface area contributed by atoms with Crippen molar-refractivity contribution in [2.75, 3.05) is 32.7 Å². The Kier molecular flexibility index (Phi) is 6.06. The van der Waals surface area contributed by atoms with Crippen LogP contribution in [0.3, 0.4) is 0 Å². The monoisotopic (exact) mass is 296 g/mol. The predicted molar refractivity (Wildman–Crippen MR) is 85.4 cm³/mol. The van der Waals surface area contributed by atoms with E-state index >= 15 is 0 Å². The maximum Gasteiger partial charge on any atom is 0.320 e. The van der Waals surface area contributed by atoms with Crippen molar-refractivity contribution >= 4 is 5.97 Å². The summed E-state index contributed by atoms with van der Waals surface area (Å²) in [5.41, 5.74) is 0. The van der Waals surface area contributed by atoms with Crippen molar-refractivity contribution in [1.82, 2.24) is 9.80 Å². The van der Waals surface area contributed by atoms with E-state index in [-0.39, 0.29) is 6.04 Å². The van der Waals surface area contributed by atoms with E-state index in [1.165, 1.54) is 25.9 Å². The van der Waals surface area contributed by atoms with Crippen molar-refractivity contribution in [3.05, 3.63) is 0 Å². The van der Waals surface area contributed by atoms with Crippen molar-refractivity contribution in [2.24, 2.45) is 17.8 Å². The molecular weight excluding hydrogens is 264 g/mol. The minimum atomic E-state index is -0.642. The van der Waals surface area contributed by atoms with Gasteiger partial charge in [0.25, 0.3) is 0 Å². The zero-order chi connectivity index (χ0) is 15.4. The second kappa shape index (κ2) is 7.59. The van der Waals surface area contributed by atoms with Gasteiger partial charge in [0.2, 0.25) is 0 Å². The molecule has 2 atom stereocenters. The Morgan fingerprint density at radius 2 is 1.86 bits per heavy atom. The Bertz CT molecular complexity index is 338. The van der Waals surface area contributed by atoms with Gasteiger partial charge in [0.15, 0.2) is 0 Å². The Morgan fingerprint density at radius 3 is 2.43 bits per heavy atom. The lowest BCUT2D eigenvalue weighted by molar-refractivity contribution is -0.143. The maximum atomic E-state index is 11.5. The van der Waals surface area contributed by atoms with Crippen LogP contribution in [-0.2, 0) is 4.79 Å². The van der Waals surface area contributed by atoms with Gasteiger partial charge in [-0.15, -0.1) is 0 Å². The summed E-state index contributed by atoms with van der Waals surface area (Å²) in [4.78, 5) is 16.3. The van der Waals surface area contributed by atoms with E-state index in [9.17, 15) is 9.90 Å². The highest BCUT2D eigenvalue weighted by Crippen LogP contribution is 2.25. The molecule has 0 spiro atoms. The van der Waals surface area contributed by atoms with Gasteiger partial charge in [-0.3, -0.25) is 9.69 Å². The van der Waals surface area contributed by atoms with Crippen LogP contribution in [-0.4, -0.2) is 59.6 Å². The van der Waals surface area contributed by atoms with E-state index in [1.54, 1.807) is 0 Å². The first kappa shape index (κ1) is 16.8. The van der Waals surface area contributed by atoms with E-state index in [2.05, 4.69) is 30.6 Å². The predicted octanol–water partition coefficient (Wildman–Crippen LogP) is 2.54. The molecule has 2 saturated heterocycles. The third kappa shape index (κ3) is 4.96. The third-order valence-corrected chi connectivity index (χ3v) is 5.13. The Morgan fingerprint density at radius 1 is 1.19 bits per heavy atom. The lowest BCUT2D eigenvalue weighted by Gasteiger charge is -2.32. The van der Waals surface area contributed by atoms with Gasteiger partial charge < -0.3 is 10.0 Å². The highest BCUT2D eigenvalue weighted by molar-refractivity contribution is 5.73. The average Bonchev–Trinajstić information content (AvgIpc) is 2.86. The second-order valence-corrected chi connectivity index (χ2v) is 7.62. The number of aliphatic carboxylic acids is 1. The molecule has 1 N–H and O–H groups in total. The molecule has 0 aromatic carbocycles. The van der Waals surface area contributed by atoms with Crippen LogP contribution in [0.1, 0.15) is 46.5 Å². The van der Waals surface area contributed by atoms with E-state index in [0.29, 0.717) is 11.8 Å². The number of carboxylic acids is 1. The highest BCUT2D eigenvalue weighted by atomic mass is 16.4. The van der Waals surface area contributed by atoms with Crippen molar-refractivity contribution in [1.29, 1.82) is 0 Å². The second-order valence-electron chi connectivity index (χ2n) is 7.62. The quantitative estimate of drug-likeness (QED) is 0.818. The third-order valence-electron chi connectivity index (χ3n) is 5.13. The molecule has 0 aromatic heterocycles. The molecule has 122 valence electrons. The highest BCUT2D eigenvalue weighted by Gasteiger charge is 2.33. The van der Waals surface area contributed by atoms with E-state index in [4.69, 9.17) is 0 Å². The number of likely N-dealkylation sites (tertiary alicyclic amines) is 2. The minimum Gasteiger partial charge on any atom is -0.480 e. The average molecular weight is 296 g/mol. The van der Waals surface area contributed by atoms with Crippen LogP contribution in [0.5, 0.6) is 0 Å². The fourth-order valence-electron chi connectivity index (χ4n) is 3.76. The van der Waals surface area contributed by atoms with Crippen LogP contribution >= 0.6 is 0 Å². The van der Waals surface area contributed by atoms with E-state index < -0.39 is 5.97 Å². The minimum absolute atomic E-state index is 0.281. The zero-order valence-corrected chi connectivity index (χ0v) is 13.9. The SMILES string of the molecule is CC(C)CC(C(=O)O)N1CCC(CN2CCC(C)CC2)C1. The molecular formula is C17H32N2O2. The van der Waals surface area contributed by atoms with Crippen molar-refractivity contribution in [2.45, 2.75) is 52.5 Å². The normalized spacial score (nSPS) is 27.3. The number of carboxylic acid groups (broad SMARTS) is 1. The summed E-state index contributed by atoms with van der Waals surface area (Å²) in [5.74, 6) is 1.33. The molecule has 2 fully saturated rings. The van der Waals surface area contributed by atoms with Crippen LogP contribution in [0, 0.1) is 17.8 Å². The molecule has 0 amide bonds. The first-order valence-electron chi connectivity index (χ1n) is 8.65. The summed E-state index contributed by atoms with van der Waals surface area (Å²) >= 11 is 0. The van der Waals surface area contributed by atoms with Gasteiger partial charge in [-0.2, -0.15) is 0 Å². The molecule has 0 aliphatic carbocycles. The fourth-order valence-corrected chi connectivity index (χ4v) is 3.76. The van der Waals surface area contributed by atoms with Gasteiger partial charge in [0.1, 0.15) is 6.04 Å². The lowest BCUT2D eigenvalue weighted by atomic mass is 9.98. The Balaban J connectivity index is 1.80. The molecule has 4 nitrogen and oxygen atoms in total. The molecule has 2 rings (SSSR count). The van der Waals surface area contributed by atoms with Crippen LogP contribution in [0.2, 0.25) is 0 Å². The number of hydrogen-bond acceptors (Lipinski definition) is 3. The summed E-state index contributed by atoms with van der Waals surface area (Å²) < 4.78 is 0. The largest absolute Gasteiger partial charge is 0.480 e. The lowest BCUT2D eigenvalue weighted by Crippen LogP contribution is -2.42. The number of carbonyl (C=O) groups is 1. The van der Waals surface area contributed by atoms with Gasteiger partial charge in [0, 0.05) is 13.1 Å². The van der Waals surface area contributed by atoms with Gasteiger partial charge in [-0.05, 0) is 63.1 Å². The van der Waals surface area contributed by atoms with Crippen LogP contribution in [0.4, 0.5) is 0 Å². The molecule has 2 heterocycles. The molecule has 2 aliphatic heterocycles. The molecule has 4 heteroatoms.